The Bertz CT molecular complexity index is 557. The van der Waals surface area contributed by atoms with E-state index in [9.17, 15) is 0 Å². The molecule has 2 fully saturated rings. The molecule has 3 aliphatic rings. The lowest BCUT2D eigenvalue weighted by atomic mass is 10.0. The van der Waals surface area contributed by atoms with Gasteiger partial charge in [0.25, 0.3) is 0 Å². The maximum Gasteiger partial charge on any atom is 0.124 e. The smallest absolute Gasteiger partial charge is 0.124 e. The Hall–Kier alpha value is -1.06. The fraction of sp³-hybridized carbons (Fsp3) is 0.684. The van der Waals surface area contributed by atoms with Gasteiger partial charge >= 0.3 is 0 Å². The third-order valence-electron chi connectivity index (χ3n) is 5.87. The second-order valence-corrected chi connectivity index (χ2v) is 7.31. The van der Waals surface area contributed by atoms with Crippen molar-refractivity contribution in [3.8, 4) is 5.75 Å². The molecule has 22 heavy (non-hydrogen) atoms. The summed E-state index contributed by atoms with van der Waals surface area (Å²) in [6.07, 6.45) is 5.17. The van der Waals surface area contributed by atoms with Crippen LogP contribution in [0, 0.1) is 5.92 Å². The Morgan fingerprint density at radius 1 is 1.18 bits per heavy atom. The maximum absolute atomic E-state index is 5.95. The minimum atomic E-state index is 0.764. The van der Waals surface area contributed by atoms with Gasteiger partial charge in [0.05, 0.1) is 6.61 Å². The van der Waals surface area contributed by atoms with E-state index in [-0.39, 0.29) is 0 Å². The van der Waals surface area contributed by atoms with Gasteiger partial charge in [-0.25, -0.2) is 0 Å². The van der Waals surface area contributed by atoms with Crippen molar-refractivity contribution >= 4 is 0 Å². The molecule has 2 saturated heterocycles. The predicted octanol–water partition coefficient (Wildman–Crippen LogP) is 2.71. The molecule has 2 aliphatic heterocycles. The molecule has 2 heterocycles. The zero-order valence-electron chi connectivity index (χ0n) is 14.0. The molecule has 0 radical (unpaired) electrons. The number of benzene rings is 1. The molecular weight excluding hydrogens is 272 g/mol. The fourth-order valence-electron chi connectivity index (χ4n) is 4.70. The number of hydrogen-bond donors (Lipinski definition) is 0. The van der Waals surface area contributed by atoms with Crippen molar-refractivity contribution in [2.75, 3.05) is 33.3 Å². The van der Waals surface area contributed by atoms with Gasteiger partial charge < -0.3 is 9.64 Å². The Balaban J connectivity index is 1.53. The van der Waals surface area contributed by atoms with E-state index in [0.717, 1.165) is 30.9 Å². The van der Waals surface area contributed by atoms with Crippen LogP contribution in [0.4, 0.5) is 0 Å². The number of nitrogens with zero attached hydrogens (tertiary/aromatic N) is 2. The molecule has 0 spiro atoms. The number of aryl methyl sites for hydroxylation is 2. The van der Waals surface area contributed by atoms with Crippen molar-refractivity contribution in [1.82, 2.24) is 9.80 Å². The minimum Gasteiger partial charge on any atom is -0.494 e. The second-order valence-electron chi connectivity index (χ2n) is 7.31. The highest BCUT2D eigenvalue weighted by molar-refractivity contribution is 5.45. The molecule has 0 N–H and O–H groups in total. The predicted molar refractivity (Wildman–Crippen MR) is 89.4 cm³/mol. The van der Waals surface area contributed by atoms with Crippen LogP contribution in [0.2, 0.25) is 0 Å². The van der Waals surface area contributed by atoms with Gasteiger partial charge in [-0.05, 0) is 69.3 Å². The van der Waals surface area contributed by atoms with E-state index in [1.54, 1.807) is 5.56 Å². The van der Waals surface area contributed by atoms with Crippen molar-refractivity contribution in [3.63, 3.8) is 0 Å². The second kappa shape index (κ2) is 5.86. The molecule has 0 unspecified atom stereocenters. The van der Waals surface area contributed by atoms with Gasteiger partial charge in [0.1, 0.15) is 5.75 Å². The highest BCUT2D eigenvalue weighted by Crippen LogP contribution is 2.34. The third kappa shape index (κ3) is 2.55. The number of rotatable bonds is 4. The van der Waals surface area contributed by atoms with Crippen molar-refractivity contribution in [2.24, 2.45) is 5.92 Å². The standard InChI is InChI=1S/C19H28N2O/c1-3-22-19-10-15-6-4-5-14(15)9-17(19)12-21-11-16-7-8-20(2)18(16)13-21/h9-10,16,18H,3-8,11-13H2,1-2H3/t16-,18+/m0/s1. The summed E-state index contributed by atoms with van der Waals surface area (Å²) in [5, 5.41) is 0. The monoisotopic (exact) mass is 300 g/mol. The van der Waals surface area contributed by atoms with Crippen molar-refractivity contribution in [3.05, 3.63) is 28.8 Å². The Morgan fingerprint density at radius 3 is 2.77 bits per heavy atom. The summed E-state index contributed by atoms with van der Waals surface area (Å²) in [4.78, 5) is 5.20. The van der Waals surface area contributed by atoms with E-state index in [1.807, 2.05) is 0 Å². The van der Waals surface area contributed by atoms with E-state index in [1.165, 1.54) is 56.4 Å². The number of fused-ring (bicyclic) bond motifs is 2. The summed E-state index contributed by atoms with van der Waals surface area (Å²) in [6.45, 7) is 7.68. The number of likely N-dealkylation sites (N-methyl/N-ethyl adjacent to an activating group) is 1. The summed E-state index contributed by atoms with van der Waals surface area (Å²) >= 11 is 0. The zero-order chi connectivity index (χ0) is 15.1. The average molecular weight is 300 g/mol. The molecule has 3 nitrogen and oxygen atoms in total. The molecule has 1 aromatic rings. The Labute approximate surface area is 134 Å². The lowest BCUT2D eigenvalue weighted by Crippen LogP contribution is -2.32. The van der Waals surface area contributed by atoms with Crippen LogP contribution in [-0.4, -0.2) is 49.1 Å². The molecule has 0 bridgehead atoms. The van der Waals surface area contributed by atoms with E-state index in [0.29, 0.717) is 0 Å². The van der Waals surface area contributed by atoms with Crippen LogP contribution in [0.3, 0.4) is 0 Å². The molecule has 3 heteroatoms. The highest BCUT2D eigenvalue weighted by Gasteiger charge is 2.39. The lowest BCUT2D eigenvalue weighted by molar-refractivity contribution is 0.251. The molecule has 1 aliphatic carbocycles. The van der Waals surface area contributed by atoms with E-state index >= 15 is 0 Å². The molecule has 120 valence electrons. The van der Waals surface area contributed by atoms with Gasteiger partial charge in [0.2, 0.25) is 0 Å². The molecule has 2 atom stereocenters. The van der Waals surface area contributed by atoms with Gasteiger partial charge in [-0.3, -0.25) is 4.90 Å². The van der Waals surface area contributed by atoms with Crippen LogP contribution in [0.1, 0.15) is 36.5 Å². The first kappa shape index (κ1) is 14.5. The largest absolute Gasteiger partial charge is 0.494 e. The lowest BCUT2D eigenvalue weighted by Gasteiger charge is -2.22. The maximum atomic E-state index is 5.95. The Kier molecular flexibility index (Phi) is 3.87. The number of likely N-dealkylation sites (tertiary alicyclic amines) is 2. The van der Waals surface area contributed by atoms with Crippen LogP contribution < -0.4 is 4.74 Å². The molecular formula is C19H28N2O. The Morgan fingerprint density at radius 2 is 2.00 bits per heavy atom. The first-order valence-corrected chi connectivity index (χ1v) is 8.94. The fourth-order valence-corrected chi connectivity index (χ4v) is 4.70. The zero-order valence-corrected chi connectivity index (χ0v) is 14.0. The summed E-state index contributed by atoms with van der Waals surface area (Å²) in [6, 6.07) is 5.54. The first-order chi connectivity index (χ1) is 10.7. The molecule has 0 amide bonds. The molecule has 0 aromatic heterocycles. The highest BCUT2D eigenvalue weighted by atomic mass is 16.5. The number of hydrogen-bond acceptors (Lipinski definition) is 3. The van der Waals surface area contributed by atoms with Crippen LogP contribution in [-0.2, 0) is 19.4 Å². The third-order valence-corrected chi connectivity index (χ3v) is 5.87. The van der Waals surface area contributed by atoms with E-state index in [2.05, 4.69) is 35.9 Å². The van der Waals surface area contributed by atoms with Crippen LogP contribution in [0.25, 0.3) is 0 Å². The summed E-state index contributed by atoms with van der Waals surface area (Å²) in [7, 11) is 2.29. The van der Waals surface area contributed by atoms with Crippen molar-refractivity contribution in [1.29, 1.82) is 0 Å². The first-order valence-electron chi connectivity index (χ1n) is 8.94. The minimum absolute atomic E-state index is 0.764. The van der Waals surface area contributed by atoms with E-state index < -0.39 is 0 Å². The van der Waals surface area contributed by atoms with Gasteiger partial charge in [0, 0.05) is 31.2 Å². The SMILES string of the molecule is CCOc1cc2c(cc1CN1C[C@@H]3CCN(C)[C@@H]3C1)CCC2. The summed E-state index contributed by atoms with van der Waals surface area (Å²) < 4.78 is 5.95. The van der Waals surface area contributed by atoms with Crippen LogP contribution >= 0.6 is 0 Å². The van der Waals surface area contributed by atoms with Crippen LogP contribution in [0.15, 0.2) is 12.1 Å². The quantitative estimate of drug-likeness (QED) is 0.850. The summed E-state index contributed by atoms with van der Waals surface area (Å²) in [5.41, 5.74) is 4.49. The molecule has 4 rings (SSSR count). The topological polar surface area (TPSA) is 15.7 Å². The van der Waals surface area contributed by atoms with Gasteiger partial charge in [-0.1, -0.05) is 6.07 Å². The van der Waals surface area contributed by atoms with Crippen molar-refractivity contribution in [2.45, 2.75) is 45.2 Å². The van der Waals surface area contributed by atoms with Crippen molar-refractivity contribution < 1.29 is 4.74 Å². The summed E-state index contributed by atoms with van der Waals surface area (Å²) in [5.74, 6) is 2.02. The average Bonchev–Trinajstić information content (AvgIpc) is 3.18. The molecule has 1 aromatic carbocycles. The van der Waals surface area contributed by atoms with Gasteiger partial charge in [-0.15, -0.1) is 0 Å². The van der Waals surface area contributed by atoms with E-state index in [4.69, 9.17) is 4.74 Å². The normalized spacial score (nSPS) is 28.1. The molecule has 0 saturated carbocycles. The van der Waals surface area contributed by atoms with Crippen LogP contribution in [0.5, 0.6) is 5.75 Å². The number of ether oxygens (including phenoxy) is 1. The van der Waals surface area contributed by atoms with Gasteiger partial charge in [-0.2, -0.15) is 0 Å². The van der Waals surface area contributed by atoms with Gasteiger partial charge in [0.15, 0.2) is 0 Å².